The Labute approximate surface area is 192 Å². The number of nitriles is 1. The van der Waals surface area contributed by atoms with Gasteiger partial charge in [-0.05, 0) is 38.8 Å². The number of hydrogen-bond donors (Lipinski definition) is 0. The molecule has 2 fully saturated rings. The van der Waals surface area contributed by atoms with Crippen LogP contribution in [-0.2, 0) is 16.1 Å². The number of carbonyl (C=O) groups is 1. The highest BCUT2D eigenvalue weighted by molar-refractivity contribution is 8.26. The highest BCUT2D eigenvalue weighted by Gasteiger charge is 2.32. The molecule has 1 aromatic heterocycles. The maximum atomic E-state index is 13.3. The van der Waals surface area contributed by atoms with Gasteiger partial charge in [0, 0.05) is 32.2 Å². The maximum Gasteiger partial charge on any atom is 0.270 e. The van der Waals surface area contributed by atoms with Gasteiger partial charge in [-0.15, -0.1) is 0 Å². The molecule has 166 valence electrons. The third-order valence-electron chi connectivity index (χ3n) is 5.56. The SMILES string of the molecule is CCCCn1c(N2CC(C)OC(C)C2)c(C=C2SC(=S)N(C)C2=O)c(C)c(C#N)c1=O. The van der Waals surface area contributed by atoms with Crippen LogP contribution < -0.4 is 10.5 Å². The van der Waals surface area contributed by atoms with E-state index in [1.807, 2.05) is 13.8 Å². The summed E-state index contributed by atoms with van der Waals surface area (Å²) in [6.07, 6.45) is 3.52. The van der Waals surface area contributed by atoms with E-state index < -0.39 is 0 Å². The average molecular weight is 461 g/mol. The lowest BCUT2D eigenvalue weighted by Crippen LogP contribution is -2.48. The number of nitrogens with zero attached hydrogens (tertiary/aromatic N) is 4. The molecule has 0 aromatic carbocycles. The summed E-state index contributed by atoms with van der Waals surface area (Å²) in [5.74, 6) is 0.576. The number of rotatable bonds is 5. The number of hydrogen-bond acceptors (Lipinski definition) is 7. The molecule has 2 aliphatic rings. The molecular formula is C22H28N4O3S2. The smallest absolute Gasteiger partial charge is 0.270 e. The minimum atomic E-state index is -0.282. The summed E-state index contributed by atoms with van der Waals surface area (Å²) in [4.78, 5) is 30.0. The van der Waals surface area contributed by atoms with Crippen LogP contribution in [0.2, 0.25) is 0 Å². The molecule has 0 bridgehead atoms. The highest BCUT2D eigenvalue weighted by Crippen LogP contribution is 2.35. The van der Waals surface area contributed by atoms with Crippen LogP contribution in [0.1, 0.15) is 50.3 Å². The first-order valence-corrected chi connectivity index (χ1v) is 11.7. The number of thioether (sulfide) groups is 1. The molecule has 3 rings (SSSR count). The summed E-state index contributed by atoms with van der Waals surface area (Å²) in [5, 5.41) is 9.74. The molecule has 0 aliphatic carbocycles. The molecule has 7 nitrogen and oxygen atoms in total. The first-order chi connectivity index (χ1) is 14.7. The second kappa shape index (κ2) is 9.55. The van der Waals surface area contributed by atoms with Crippen LogP contribution in [0.3, 0.4) is 0 Å². The van der Waals surface area contributed by atoms with Gasteiger partial charge in [-0.3, -0.25) is 19.1 Å². The van der Waals surface area contributed by atoms with Crippen molar-refractivity contribution in [3.05, 3.63) is 31.9 Å². The normalized spacial score (nSPS) is 23.0. The predicted molar refractivity (Wildman–Crippen MR) is 128 cm³/mol. The van der Waals surface area contributed by atoms with Crippen LogP contribution in [0.15, 0.2) is 9.70 Å². The van der Waals surface area contributed by atoms with E-state index in [0.717, 1.165) is 24.2 Å². The fourth-order valence-corrected chi connectivity index (χ4v) is 5.20. The fourth-order valence-electron chi connectivity index (χ4n) is 4.04. The topological polar surface area (TPSA) is 78.6 Å². The number of thiocarbonyl (C=S) groups is 1. The lowest BCUT2D eigenvalue weighted by Gasteiger charge is -2.39. The third-order valence-corrected chi connectivity index (χ3v) is 7.05. The van der Waals surface area contributed by atoms with E-state index in [1.54, 1.807) is 24.6 Å². The summed E-state index contributed by atoms with van der Waals surface area (Å²) in [7, 11) is 1.65. The molecule has 0 radical (unpaired) electrons. The van der Waals surface area contributed by atoms with Crippen molar-refractivity contribution >= 4 is 46.1 Å². The Morgan fingerprint density at radius 1 is 1.29 bits per heavy atom. The Morgan fingerprint density at radius 2 is 1.94 bits per heavy atom. The van der Waals surface area contributed by atoms with E-state index in [-0.39, 0.29) is 29.2 Å². The molecule has 1 aromatic rings. The standard InChI is InChI=1S/C22H28N4O3S2/c1-6-7-8-26-19(25-11-13(2)29-14(3)12-25)16(15(4)17(10-23)20(26)27)9-18-21(28)24(5)22(30)31-18/h9,13-14H,6-8,11-12H2,1-5H3. The zero-order valence-electron chi connectivity index (χ0n) is 18.6. The number of anilines is 1. The monoisotopic (exact) mass is 460 g/mol. The largest absolute Gasteiger partial charge is 0.372 e. The van der Waals surface area contributed by atoms with E-state index in [4.69, 9.17) is 17.0 Å². The first kappa shape index (κ1) is 23.5. The number of amides is 1. The Morgan fingerprint density at radius 3 is 2.45 bits per heavy atom. The fraction of sp³-hybridized carbons (Fsp3) is 0.545. The molecule has 3 heterocycles. The first-order valence-electron chi connectivity index (χ1n) is 10.5. The van der Waals surface area contributed by atoms with Gasteiger partial charge in [0.05, 0.1) is 17.1 Å². The molecule has 0 N–H and O–H groups in total. The Hall–Kier alpha value is -2.15. The van der Waals surface area contributed by atoms with Crippen LogP contribution in [0.5, 0.6) is 0 Å². The molecule has 2 aliphatic heterocycles. The minimum Gasteiger partial charge on any atom is -0.372 e. The van der Waals surface area contributed by atoms with Crippen molar-refractivity contribution in [1.82, 2.24) is 9.47 Å². The van der Waals surface area contributed by atoms with Gasteiger partial charge in [0.15, 0.2) is 0 Å². The number of aromatic nitrogens is 1. The number of likely N-dealkylation sites (N-methyl/N-ethyl adjacent to an activating group) is 1. The summed E-state index contributed by atoms with van der Waals surface area (Å²) >= 11 is 6.52. The summed E-state index contributed by atoms with van der Waals surface area (Å²) in [6, 6.07) is 2.09. The van der Waals surface area contributed by atoms with Gasteiger partial charge >= 0.3 is 0 Å². The van der Waals surface area contributed by atoms with E-state index >= 15 is 0 Å². The van der Waals surface area contributed by atoms with E-state index in [0.29, 0.717) is 34.4 Å². The van der Waals surface area contributed by atoms with Crippen LogP contribution in [0.4, 0.5) is 5.82 Å². The van der Waals surface area contributed by atoms with Crippen molar-refractivity contribution in [2.45, 2.75) is 59.3 Å². The van der Waals surface area contributed by atoms with Crippen LogP contribution in [0, 0.1) is 18.3 Å². The van der Waals surface area contributed by atoms with Crippen molar-refractivity contribution in [2.24, 2.45) is 0 Å². The molecule has 2 unspecified atom stereocenters. The Balaban J connectivity index is 2.29. The average Bonchev–Trinajstić information content (AvgIpc) is 2.95. The zero-order valence-corrected chi connectivity index (χ0v) is 20.2. The van der Waals surface area contributed by atoms with Crippen molar-refractivity contribution in [3.8, 4) is 6.07 Å². The van der Waals surface area contributed by atoms with E-state index in [9.17, 15) is 14.9 Å². The number of ether oxygens (including phenoxy) is 1. The van der Waals surface area contributed by atoms with E-state index in [1.165, 1.54) is 16.7 Å². The van der Waals surface area contributed by atoms with Gasteiger partial charge in [0.25, 0.3) is 11.5 Å². The lowest BCUT2D eigenvalue weighted by atomic mass is 10.0. The highest BCUT2D eigenvalue weighted by atomic mass is 32.2. The van der Waals surface area contributed by atoms with Gasteiger partial charge in [-0.25, -0.2) is 0 Å². The van der Waals surface area contributed by atoms with Crippen LogP contribution >= 0.6 is 24.0 Å². The summed E-state index contributed by atoms with van der Waals surface area (Å²) in [6.45, 7) is 9.62. The third kappa shape index (κ3) is 4.56. The molecule has 9 heteroatoms. The number of pyridine rings is 1. The summed E-state index contributed by atoms with van der Waals surface area (Å²) < 4.78 is 8.10. The van der Waals surface area contributed by atoms with Crippen molar-refractivity contribution in [2.75, 3.05) is 25.0 Å². The lowest BCUT2D eigenvalue weighted by molar-refractivity contribution is -0.121. The van der Waals surface area contributed by atoms with Gasteiger partial charge in [0.1, 0.15) is 21.8 Å². The second-order valence-electron chi connectivity index (χ2n) is 8.06. The van der Waals surface area contributed by atoms with Gasteiger partial charge in [-0.1, -0.05) is 37.3 Å². The minimum absolute atomic E-state index is 0.00358. The molecule has 2 atom stereocenters. The van der Waals surface area contributed by atoms with Gasteiger partial charge in [0.2, 0.25) is 0 Å². The number of morpholine rings is 1. The van der Waals surface area contributed by atoms with Crippen molar-refractivity contribution < 1.29 is 9.53 Å². The summed E-state index contributed by atoms with van der Waals surface area (Å²) in [5.41, 5.74) is 1.15. The maximum absolute atomic E-state index is 13.3. The van der Waals surface area contributed by atoms with Gasteiger partial charge in [-0.2, -0.15) is 5.26 Å². The number of unbranched alkanes of at least 4 members (excludes halogenated alkanes) is 1. The molecule has 2 saturated heterocycles. The molecule has 0 saturated carbocycles. The van der Waals surface area contributed by atoms with E-state index in [2.05, 4.69) is 17.9 Å². The zero-order chi connectivity index (χ0) is 22.9. The molecule has 1 amide bonds. The Kier molecular flexibility index (Phi) is 7.24. The van der Waals surface area contributed by atoms with Crippen molar-refractivity contribution in [1.29, 1.82) is 5.26 Å². The predicted octanol–water partition coefficient (Wildman–Crippen LogP) is 3.27. The molecular weight excluding hydrogens is 432 g/mol. The van der Waals surface area contributed by atoms with Crippen LogP contribution in [-0.4, -0.2) is 52.0 Å². The quantitative estimate of drug-likeness (QED) is 0.493. The number of carbonyl (C=O) groups excluding carboxylic acids is 1. The Bertz CT molecular complexity index is 1030. The molecule has 31 heavy (non-hydrogen) atoms. The molecule has 0 spiro atoms. The van der Waals surface area contributed by atoms with Crippen LogP contribution in [0.25, 0.3) is 6.08 Å². The van der Waals surface area contributed by atoms with Gasteiger partial charge < -0.3 is 9.64 Å². The second-order valence-corrected chi connectivity index (χ2v) is 9.74. The van der Waals surface area contributed by atoms with Crippen molar-refractivity contribution in [3.63, 3.8) is 0 Å².